The van der Waals surface area contributed by atoms with Crippen molar-refractivity contribution in [1.29, 1.82) is 0 Å². The van der Waals surface area contributed by atoms with Crippen LogP contribution < -0.4 is 0 Å². The molecular formula is C64H122O6. The van der Waals surface area contributed by atoms with Gasteiger partial charge in [0.05, 0.1) is 0 Å². The van der Waals surface area contributed by atoms with Gasteiger partial charge in [-0.25, -0.2) is 0 Å². The van der Waals surface area contributed by atoms with Gasteiger partial charge in [-0.05, 0) is 44.9 Å². The van der Waals surface area contributed by atoms with E-state index in [0.29, 0.717) is 19.3 Å². The van der Waals surface area contributed by atoms with Crippen LogP contribution in [0.5, 0.6) is 0 Å². The molecule has 0 rings (SSSR count). The molecule has 0 saturated carbocycles. The Labute approximate surface area is 437 Å². The van der Waals surface area contributed by atoms with Crippen LogP contribution in [0.4, 0.5) is 0 Å². The minimum atomic E-state index is -0.768. The Hall–Kier alpha value is -1.85. The maximum absolute atomic E-state index is 12.9. The highest BCUT2D eigenvalue weighted by Gasteiger charge is 2.19. The van der Waals surface area contributed by atoms with Gasteiger partial charge in [0.2, 0.25) is 0 Å². The fourth-order valence-electron chi connectivity index (χ4n) is 9.74. The van der Waals surface area contributed by atoms with E-state index in [1.165, 1.54) is 257 Å². The number of rotatable bonds is 59. The largest absolute Gasteiger partial charge is 0.462 e. The van der Waals surface area contributed by atoms with Crippen molar-refractivity contribution in [1.82, 2.24) is 0 Å². The van der Waals surface area contributed by atoms with E-state index in [1.54, 1.807) is 0 Å². The lowest BCUT2D eigenvalue weighted by Gasteiger charge is -2.18. The van der Waals surface area contributed by atoms with Crippen molar-refractivity contribution in [3.05, 3.63) is 12.2 Å². The second-order valence-corrected chi connectivity index (χ2v) is 21.7. The number of unbranched alkanes of at least 4 members (excludes halogenated alkanes) is 46. The minimum absolute atomic E-state index is 0.0660. The van der Waals surface area contributed by atoms with Crippen molar-refractivity contribution in [3.8, 4) is 0 Å². The molecular weight excluding hydrogens is 865 g/mol. The molecule has 414 valence electrons. The third-order valence-electron chi connectivity index (χ3n) is 14.5. The quantitative estimate of drug-likeness (QED) is 0.0261. The van der Waals surface area contributed by atoms with E-state index >= 15 is 0 Å². The number of allylic oxidation sites excluding steroid dienone is 2. The summed E-state index contributed by atoms with van der Waals surface area (Å²) in [6, 6.07) is 0. The molecule has 0 spiro atoms. The number of hydrogen-bond acceptors (Lipinski definition) is 6. The van der Waals surface area contributed by atoms with E-state index in [4.69, 9.17) is 14.2 Å². The van der Waals surface area contributed by atoms with Crippen molar-refractivity contribution in [2.75, 3.05) is 13.2 Å². The smallest absolute Gasteiger partial charge is 0.306 e. The van der Waals surface area contributed by atoms with Crippen LogP contribution in [-0.2, 0) is 28.6 Å². The predicted molar refractivity (Wildman–Crippen MR) is 303 cm³/mol. The van der Waals surface area contributed by atoms with Crippen LogP contribution in [0.2, 0.25) is 0 Å². The fraction of sp³-hybridized carbons (Fsp3) is 0.922. The van der Waals surface area contributed by atoms with Crippen molar-refractivity contribution in [2.45, 2.75) is 367 Å². The predicted octanol–water partition coefficient (Wildman–Crippen LogP) is 21.3. The Morgan fingerprint density at radius 3 is 0.714 bits per heavy atom. The van der Waals surface area contributed by atoms with Crippen LogP contribution in [0.15, 0.2) is 12.2 Å². The van der Waals surface area contributed by atoms with E-state index in [1.807, 2.05) is 0 Å². The maximum atomic E-state index is 12.9. The number of carbonyl (C=O) groups is 3. The van der Waals surface area contributed by atoms with Crippen molar-refractivity contribution in [2.24, 2.45) is 0 Å². The number of hydrogen-bond donors (Lipinski definition) is 0. The van der Waals surface area contributed by atoms with Crippen molar-refractivity contribution >= 4 is 17.9 Å². The van der Waals surface area contributed by atoms with Crippen LogP contribution >= 0.6 is 0 Å². The lowest BCUT2D eigenvalue weighted by molar-refractivity contribution is -0.167. The molecule has 0 aliphatic heterocycles. The van der Waals surface area contributed by atoms with E-state index in [0.717, 1.165) is 64.2 Å². The summed E-state index contributed by atoms with van der Waals surface area (Å²) in [5, 5.41) is 0. The lowest BCUT2D eigenvalue weighted by atomic mass is 10.0. The second-order valence-electron chi connectivity index (χ2n) is 21.7. The summed E-state index contributed by atoms with van der Waals surface area (Å²) in [4.78, 5) is 38.3. The Morgan fingerprint density at radius 2 is 0.471 bits per heavy atom. The number of esters is 3. The van der Waals surface area contributed by atoms with Gasteiger partial charge in [0, 0.05) is 19.3 Å². The Bertz CT molecular complexity index is 1090. The zero-order valence-corrected chi connectivity index (χ0v) is 47.6. The molecule has 1 unspecified atom stereocenters. The van der Waals surface area contributed by atoms with Gasteiger partial charge in [0.25, 0.3) is 0 Å². The molecule has 70 heavy (non-hydrogen) atoms. The first kappa shape index (κ1) is 68.2. The zero-order valence-electron chi connectivity index (χ0n) is 47.6. The highest BCUT2D eigenvalue weighted by molar-refractivity contribution is 5.71. The second kappa shape index (κ2) is 59.7. The van der Waals surface area contributed by atoms with Crippen LogP contribution in [0, 0.1) is 0 Å². The first-order valence-electron chi connectivity index (χ1n) is 31.7. The van der Waals surface area contributed by atoms with Gasteiger partial charge in [-0.2, -0.15) is 0 Å². The van der Waals surface area contributed by atoms with Gasteiger partial charge in [-0.1, -0.05) is 309 Å². The first-order chi connectivity index (χ1) is 34.5. The van der Waals surface area contributed by atoms with E-state index < -0.39 is 6.10 Å². The monoisotopic (exact) mass is 987 g/mol. The molecule has 0 N–H and O–H groups in total. The molecule has 6 nitrogen and oxygen atoms in total. The lowest BCUT2D eigenvalue weighted by Crippen LogP contribution is -2.30. The first-order valence-corrected chi connectivity index (χ1v) is 31.7. The Morgan fingerprint density at radius 1 is 0.271 bits per heavy atom. The van der Waals surface area contributed by atoms with Crippen molar-refractivity contribution < 1.29 is 28.6 Å². The van der Waals surface area contributed by atoms with Gasteiger partial charge >= 0.3 is 17.9 Å². The summed E-state index contributed by atoms with van der Waals surface area (Å²) in [6.07, 6.45) is 69.3. The molecule has 0 fully saturated rings. The molecule has 0 aromatic carbocycles. The molecule has 0 bridgehead atoms. The fourth-order valence-corrected chi connectivity index (χ4v) is 9.74. The zero-order chi connectivity index (χ0) is 50.7. The van der Waals surface area contributed by atoms with E-state index in [-0.39, 0.29) is 31.1 Å². The standard InChI is InChI=1S/C64H122O6/c1-4-7-10-13-16-19-22-25-28-30-32-34-36-39-42-45-48-51-54-57-63(66)69-60-61(59-68-62(65)56-53-50-47-44-41-38-27-24-21-18-15-12-9-6-3)70-64(67)58-55-52-49-46-43-40-37-35-33-31-29-26-23-20-17-14-11-8-5-2/h24,27,61H,4-23,25-26,28-60H2,1-3H3/b27-24-. The minimum Gasteiger partial charge on any atom is -0.462 e. The van der Waals surface area contributed by atoms with Crippen molar-refractivity contribution in [3.63, 3.8) is 0 Å². The molecule has 0 aromatic heterocycles. The molecule has 0 saturated heterocycles. The van der Waals surface area contributed by atoms with Crippen LogP contribution in [0.1, 0.15) is 361 Å². The average molecular weight is 988 g/mol. The van der Waals surface area contributed by atoms with Crippen LogP contribution in [0.3, 0.4) is 0 Å². The third-order valence-corrected chi connectivity index (χ3v) is 14.5. The van der Waals surface area contributed by atoms with E-state index in [9.17, 15) is 14.4 Å². The molecule has 0 radical (unpaired) electrons. The molecule has 0 aromatic rings. The molecule has 6 heteroatoms. The number of carbonyl (C=O) groups excluding carboxylic acids is 3. The highest BCUT2D eigenvalue weighted by atomic mass is 16.6. The maximum Gasteiger partial charge on any atom is 0.306 e. The van der Waals surface area contributed by atoms with Gasteiger partial charge in [0.15, 0.2) is 6.10 Å². The van der Waals surface area contributed by atoms with Gasteiger partial charge in [0.1, 0.15) is 13.2 Å². The third kappa shape index (κ3) is 57.1. The summed E-state index contributed by atoms with van der Waals surface area (Å²) >= 11 is 0. The normalized spacial score (nSPS) is 12.0. The van der Waals surface area contributed by atoms with Crippen LogP contribution in [-0.4, -0.2) is 37.2 Å². The molecule has 0 aliphatic carbocycles. The molecule has 0 amide bonds. The summed E-state index contributed by atoms with van der Waals surface area (Å²) in [5.41, 5.74) is 0. The summed E-state index contributed by atoms with van der Waals surface area (Å²) in [7, 11) is 0. The van der Waals surface area contributed by atoms with Gasteiger partial charge < -0.3 is 14.2 Å². The van der Waals surface area contributed by atoms with Crippen LogP contribution in [0.25, 0.3) is 0 Å². The Kier molecular flexibility index (Phi) is 58.1. The average Bonchev–Trinajstić information content (AvgIpc) is 3.36. The highest BCUT2D eigenvalue weighted by Crippen LogP contribution is 2.18. The summed E-state index contributed by atoms with van der Waals surface area (Å²) < 4.78 is 16.9. The topological polar surface area (TPSA) is 78.9 Å². The summed E-state index contributed by atoms with van der Waals surface area (Å²) in [6.45, 7) is 6.70. The molecule has 0 aliphatic rings. The van der Waals surface area contributed by atoms with Gasteiger partial charge in [-0.3, -0.25) is 14.4 Å². The Balaban J connectivity index is 4.28. The number of ether oxygens (including phenoxy) is 3. The summed E-state index contributed by atoms with van der Waals surface area (Å²) in [5.74, 6) is -0.845. The SMILES string of the molecule is CCCCCCC/C=C\CCCCCCCC(=O)OCC(COC(=O)CCCCCCCCCCCCCCCCCCCCC)OC(=O)CCCCCCCCCCCCCCCCCCCCC. The molecule has 1 atom stereocenters. The molecule has 0 heterocycles. The van der Waals surface area contributed by atoms with Gasteiger partial charge in [-0.15, -0.1) is 0 Å². The van der Waals surface area contributed by atoms with E-state index in [2.05, 4.69) is 32.9 Å².